The quantitative estimate of drug-likeness (QED) is 0.286. The first-order valence-corrected chi connectivity index (χ1v) is 3.12. The van der Waals surface area contributed by atoms with Crippen molar-refractivity contribution in [1.82, 2.24) is 4.90 Å². The Morgan fingerprint density at radius 1 is 1.58 bits per heavy atom. The highest BCUT2D eigenvalue weighted by molar-refractivity contribution is 5.76. The Morgan fingerprint density at radius 3 is 2.42 bits per heavy atom. The first-order chi connectivity index (χ1) is 5.37. The van der Waals surface area contributed by atoms with E-state index in [0.29, 0.717) is 0 Å². The van der Waals surface area contributed by atoms with Crippen molar-refractivity contribution in [3.8, 4) is 0 Å². The number of halogens is 3. The van der Waals surface area contributed by atoms with Gasteiger partial charge in [-0.05, 0) is 0 Å². The Hall–Kier alpha value is -1.14. The van der Waals surface area contributed by atoms with E-state index in [4.69, 9.17) is 10.9 Å². The second-order valence-corrected chi connectivity index (χ2v) is 2.24. The highest BCUT2D eigenvalue weighted by Gasteiger charge is 2.27. The van der Waals surface area contributed by atoms with Crippen molar-refractivity contribution < 1.29 is 18.4 Å². The van der Waals surface area contributed by atoms with E-state index in [0.717, 1.165) is 4.90 Å². The summed E-state index contributed by atoms with van der Waals surface area (Å²) in [5.41, 5.74) is 5.00. The highest BCUT2D eigenvalue weighted by atomic mass is 19.4. The van der Waals surface area contributed by atoms with Crippen LogP contribution in [-0.2, 0) is 0 Å². The molecule has 0 unspecified atom stereocenters. The van der Waals surface area contributed by atoms with Crippen molar-refractivity contribution in [2.45, 2.75) is 12.6 Å². The lowest BCUT2D eigenvalue weighted by molar-refractivity contribution is -0.135. The topological polar surface area (TPSA) is 61.8 Å². The predicted molar refractivity (Wildman–Crippen MR) is 36.7 cm³/mol. The zero-order valence-electron chi connectivity index (χ0n) is 6.47. The largest absolute Gasteiger partial charge is 0.408 e. The van der Waals surface area contributed by atoms with Gasteiger partial charge in [0, 0.05) is 13.6 Å². The summed E-state index contributed by atoms with van der Waals surface area (Å²) in [5, 5.41) is 10.6. The van der Waals surface area contributed by atoms with Gasteiger partial charge in [-0.1, -0.05) is 5.16 Å². The van der Waals surface area contributed by atoms with Crippen molar-refractivity contribution >= 4 is 5.96 Å². The standard InChI is InChI=1S/C5H10F3N3O/c1-11(4(9)10-12)3-2-5(6,7)8/h12H,2-3H2,1H3,(H2,9,10). The molecule has 0 heterocycles. The Balaban J connectivity index is 3.80. The second kappa shape index (κ2) is 4.03. The number of nitrogens with zero attached hydrogens (tertiary/aromatic N) is 2. The third kappa shape index (κ3) is 4.64. The third-order valence-electron chi connectivity index (χ3n) is 1.22. The average Bonchev–Trinajstić information content (AvgIpc) is 1.97. The monoisotopic (exact) mass is 185 g/mol. The summed E-state index contributed by atoms with van der Waals surface area (Å²) in [6.45, 7) is -0.320. The Labute approximate surface area is 67.4 Å². The number of nitrogens with two attached hydrogens (primary N) is 1. The maximum Gasteiger partial charge on any atom is 0.390 e. The predicted octanol–water partition coefficient (Wildman–Crippen LogP) is 0.575. The summed E-state index contributed by atoms with van der Waals surface area (Å²) in [4.78, 5) is 1.01. The molecule has 12 heavy (non-hydrogen) atoms. The van der Waals surface area contributed by atoms with E-state index >= 15 is 0 Å². The van der Waals surface area contributed by atoms with Gasteiger partial charge in [-0.15, -0.1) is 0 Å². The van der Waals surface area contributed by atoms with Crippen molar-refractivity contribution in [3.05, 3.63) is 0 Å². The number of rotatable bonds is 2. The summed E-state index contributed by atoms with van der Waals surface area (Å²) in [5.74, 6) is -0.334. The van der Waals surface area contributed by atoms with E-state index in [1.54, 1.807) is 0 Å². The van der Waals surface area contributed by atoms with E-state index in [1.165, 1.54) is 7.05 Å². The molecule has 0 aliphatic carbocycles. The molecular formula is C5H10F3N3O. The fraction of sp³-hybridized carbons (Fsp3) is 0.800. The van der Waals surface area contributed by atoms with E-state index in [1.807, 2.05) is 0 Å². The zero-order chi connectivity index (χ0) is 9.78. The van der Waals surface area contributed by atoms with Crippen molar-refractivity contribution in [2.24, 2.45) is 10.9 Å². The Morgan fingerprint density at radius 2 is 2.08 bits per heavy atom. The molecule has 0 aromatic carbocycles. The second-order valence-electron chi connectivity index (χ2n) is 2.24. The van der Waals surface area contributed by atoms with Gasteiger partial charge in [-0.2, -0.15) is 13.2 Å². The molecule has 72 valence electrons. The molecule has 0 aromatic rings. The lowest BCUT2D eigenvalue weighted by Crippen LogP contribution is -2.36. The molecule has 0 fully saturated rings. The van der Waals surface area contributed by atoms with Gasteiger partial charge in [0.1, 0.15) is 0 Å². The van der Waals surface area contributed by atoms with Crippen LogP contribution in [0.1, 0.15) is 6.42 Å². The van der Waals surface area contributed by atoms with Crippen molar-refractivity contribution in [3.63, 3.8) is 0 Å². The molecule has 0 rings (SSSR count). The number of hydrogen-bond donors (Lipinski definition) is 2. The molecule has 0 saturated heterocycles. The van der Waals surface area contributed by atoms with Crippen LogP contribution in [0.15, 0.2) is 5.16 Å². The van der Waals surface area contributed by atoms with Crippen LogP contribution in [0, 0.1) is 0 Å². The SMILES string of the molecule is CN(CCC(F)(F)F)C(N)=NO. The number of guanidine groups is 1. The number of hydrogen-bond acceptors (Lipinski definition) is 2. The molecule has 0 bridgehead atoms. The minimum Gasteiger partial charge on any atom is -0.408 e. The van der Waals surface area contributed by atoms with Gasteiger partial charge in [0.2, 0.25) is 5.96 Å². The molecule has 0 aliphatic rings. The fourth-order valence-electron chi connectivity index (χ4n) is 0.485. The van der Waals surface area contributed by atoms with E-state index in [2.05, 4.69) is 5.16 Å². The lowest BCUT2D eigenvalue weighted by atomic mass is 10.4. The first kappa shape index (κ1) is 10.9. The van der Waals surface area contributed by atoms with Crippen LogP contribution in [0.5, 0.6) is 0 Å². The van der Waals surface area contributed by atoms with E-state index in [-0.39, 0.29) is 12.5 Å². The molecule has 0 saturated carbocycles. The fourth-order valence-corrected chi connectivity index (χ4v) is 0.485. The van der Waals surface area contributed by atoms with Crippen LogP contribution in [0.25, 0.3) is 0 Å². The maximum atomic E-state index is 11.6. The highest BCUT2D eigenvalue weighted by Crippen LogP contribution is 2.19. The van der Waals surface area contributed by atoms with Gasteiger partial charge in [0.25, 0.3) is 0 Å². The summed E-state index contributed by atoms with van der Waals surface area (Å²) in [6.07, 6.45) is -5.20. The average molecular weight is 185 g/mol. The summed E-state index contributed by atoms with van der Waals surface area (Å²) >= 11 is 0. The maximum absolute atomic E-state index is 11.6. The molecule has 0 aliphatic heterocycles. The Bertz CT molecular complexity index is 168. The normalized spacial score (nSPS) is 13.2. The van der Waals surface area contributed by atoms with Crippen LogP contribution < -0.4 is 5.73 Å². The van der Waals surface area contributed by atoms with Crippen molar-refractivity contribution in [1.29, 1.82) is 0 Å². The lowest BCUT2D eigenvalue weighted by Gasteiger charge is -2.17. The molecule has 0 atom stereocenters. The molecule has 4 nitrogen and oxygen atoms in total. The molecule has 3 N–H and O–H groups in total. The van der Waals surface area contributed by atoms with Gasteiger partial charge in [0.05, 0.1) is 6.42 Å². The molecule has 0 radical (unpaired) electrons. The molecule has 0 amide bonds. The van der Waals surface area contributed by atoms with Gasteiger partial charge in [0.15, 0.2) is 0 Å². The summed E-state index contributed by atoms with van der Waals surface area (Å²) < 4.78 is 34.8. The van der Waals surface area contributed by atoms with Crippen LogP contribution in [0.3, 0.4) is 0 Å². The van der Waals surface area contributed by atoms with Gasteiger partial charge >= 0.3 is 6.18 Å². The number of alkyl halides is 3. The van der Waals surface area contributed by atoms with Gasteiger partial charge < -0.3 is 15.8 Å². The van der Waals surface area contributed by atoms with E-state index in [9.17, 15) is 13.2 Å². The van der Waals surface area contributed by atoms with Crippen LogP contribution >= 0.6 is 0 Å². The van der Waals surface area contributed by atoms with Gasteiger partial charge in [-0.3, -0.25) is 0 Å². The molecule has 0 spiro atoms. The first-order valence-electron chi connectivity index (χ1n) is 3.12. The smallest absolute Gasteiger partial charge is 0.390 e. The Kier molecular flexibility index (Phi) is 3.65. The molecule has 7 heteroatoms. The summed E-state index contributed by atoms with van der Waals surface area (Å²) in [7, 11) is 1.31. The van der Waals surface area contributed by atoms with Crippen LogP contribution in [0.4, 0.5) is 13.2 Å². The third-order valence-corrected chi connectivity index (χ3v) is 1.22. The minimum absolute atomic E-state index is 0.320. The molecular weight excluding hydrogens is 175 g/mol. The minimum atomic E-state index is -4.22. The van der Waals surface area contributed by atoms with E-state index < -0.39 is 12.6 Å². The van der Waals surface area contributed by atoms with Crippen LogP contribution in [0.2, 0.25) is 0 Å². The van der Waals surface area contributed by atoms with Crippen molar-refractivity contribution in [2.75, 3.05) is 13.6 Å². The van der Waals surface area contributed by atoms with Gasteiger partial charge in [-0.25, -0.2) is 0 Å². The van der Waals surface area contributed by atoms with Crippen LogP contribution in [-0.4, -0.2) is 35.8 Å². The summed E-state index contributed by atoms with van der Waals surface area (Å²) in [6, 6.07) is 0. The molecule has 0 aromatic heterocycles. The zero-order valence-corrected chi connectivity index (χ0v) is 6.47. The number of oxime groups is 1.